The first-order valence-corrected chi connectivity index (χ1v) is 7.76. The Bertz CT molecular complexity index is 958. The van der Waals surface area contributed by atoms with E-state index in [9.17, 15) is 23.9 Å². The molecule has 1 heterocycles. The highest BCUT2D eigenvalue weighted by atomic mass is 19.1. The fourth-order valence-electron chi connectivity index (χ4n) is 2.75. The number of aryl methyl sites for hydroxylation is 2. The molecule has 3 rings (SSSR count). The highest BCUT2D eigenvalue weighted by molar-refractivity contribution is 6.39. The predicted molar refractivity (Wildman–Crippen MR) is 93.0 cm³/mol. The van der Waals surface area contributed by atoms with Crippen LogP contribution in [0.5, 0.6) is 5.75 Å². The smallest absolute Gasteiger partial charge is 0.336 e. The third-order valence-electron chi connectivity index (χ3n) is 4.02. The van der Waals surface area contributed by atoms with E-state index in [0.717, 1.165) is 6.07 Å². The number of halogens is 1. The van der Waals surface area contributed by atoms with Crippen LogP contribution >= 0.6 is 0 Å². The molecule has 0 unspecified atom stereocenters. The number of carbonyl (C=O) groups is 3. The van der Waals surface area contributed by atoms with Crippen molar-refractivity contribution in [1.29, 1.82) is 0 Å². The Morgan fingerprint density at radius 2 is 1.69 bits per heavy atom. The standard InChI is InChI=1S/C19H15FN2O4/c1-10-7-12(8-11(2)16(10)23)9-13-17(24)21-19(26)22(18(13)25)15-6-4-3-5-14(15)20/h3-9,23H,1-2H3,(H,21,24,26). The third kappa shape index (κ3) is 2.95. The maximum absolute atomic E-state index is 14.0. The molecule has 2 aromatic carbocycles. The van der Waals surface area contributed by atoms with Crippen molar-refractivity contribution in [2.75, 3.05) is 4.90 Å². The van der Waals surface area contributed by atoms with Gasteiger partial charge in [0.05, 0.1) is 5.69 Å². The number of rotatable bonds is 2. The van der Waals surface area contributed by atoms with E-state index in [1.54, 1.807) is 26.0 Å². The summed E-state index contributed by atoms with van der Waals surface area (Å²) in [5, 5.41) is 11.9. The number of phenols is 1. The van der Waals surface area contributed by atoms with E-state index in [0.29, 0.717) is 21.6 Å². The molecule has 0 bridgehead atoms. The number of barbiturate groups is 1. The van der Waals surface area contributed by atoms with Gasteiger partial charge in [-0.25, -0.2) is 14.1 Å². The number of amides is 4. The SMILES string of the molecule is Cc1cc(C=C2C(=O)NC(=O)N(c3ccccc3F)C2=O)cc(C)c1O. The predicted octanol–water partition coefficient (Wildman–Crippen LogP) is 2.81. The van der Waals surface area contributed by atoms with Crippen molar-refractivity contribution in [3.05, 3.63) is 64.5 Å². The zero-order valence-corrected chi connectivity index (χ0v) is 14.0. The Morgan fingerprint density at radius 1 is 1.08 bits per heavy atom. The van der Waals surface area contributed by atoms with Crippen molar-refractivity contribution in [3.8, 4) is 5.75 Å². The lowest BCUT2D eigenvalue weighted by Crippen LogP contribution is -2.54. The quantitative estimate of drug-likeness (QED) is 0.641. The molecule has 4 amide bonds. The monoisotopic (exact) mass is 354 g/mol. The largest absolute Gasteiger partial charge is 0.507 e. The molecule has 1 aliphatic heterocycles. The Morgan fingerprint density at radius 3 is 2.31 bits per heavy atom. The number of nitrogens with one attached hydrogen (secondary N) is 1. The topological polar surface area (TPSA) is 86.7 Å². The van der Waals surface area contributed by atoms with Gasteiger partial charge >= 0.3 is 6.03 Å². The van der Waals surface area contributed by atoms with Crippen LogP contribution in [-0.4, -0.2) is 23.0 Å². The van der Waals surface area contributed by atoms with E-state index in [-0.39, 0.29) is 17.0 Å². The summed E-state index contributed by atoms with van der Waals surface area (Å²) < 4.78 is 14.0. The van der Waals surface area contributed by atoms with Crippen LogP contribution in [-0.2, 0) is 9.59 Å². The van der Waals surface area contributed by atoms with Crippen LogP contribution in [0, 0.1) is 19.7 Å². The van der Waals surface area contributed by atoms with E-state index in [1.807, 2.05) is 5.32 Å². The molecule has 7 heteroatoms. The molecule has 0 radical (unpaired) electrons. The number of benzene rings is 2. The minimum absolute atomic E-state index is 0.120. The molecular weight excluding hydrogens is 339 g/mol. The van der Waals surface area contributed by atoms with Gasteiger partial charge in [0.15, 0.2) is 0 Å². The van der Waals surface area contributed by atoms with Crippen LogP contribution in [0.4, 0.5) is 14.9 Å². The summed E-state index contributed by atoms with van der Waals surface area (Å²) >= 11 is 0. The first-order valence-electron chi connectivity index (χ1n) is 7.76. The van der Waals surface area contributed by atoms with Crippen LogP contribution in [0.2, 0.25) is 0 Å². The maximum atomic E-state index is 14.0. The molecule has 2 N–H and O–H groups in total. The summed E-state index contributed by atoms with van der Waals surface area (Å²) in [4.78, 5) is 37.5. The number of hydrogen-bond acceptors (Lipinski definition) is 4. The molecule has 0 saturated carbocycles. The second kappa shape index (κ2) is 6.44. The van der Waals surface area contributed by atoms with E-state index < -0.39 is 23.7 Å². The number of aromatic hydroxyl groups is 1. The lowest BCUT2D eigenvalue weighted by atomic mass is 10.0. The molecular formula is C19H15FN2O4. The van der Waals surface area contributed by atoms with Crippen LogP contribution in [0.3, 0.4) is 0 Å². The van der Waals surface area contributed by atoms with Gasteiger partial charge in [-0.1, -0.05) is 12.1 Å². The molecule has 26 heavy (non-hydrogen) atoms. The lowest BCUT2D eigenvalue weighted by molar-refractivity contribution is -0.122. The van der Waals surface area contributed by atoms with Crippen LogP contribution in [0.1, 0.15) is 16.7 Å². The zero-order chi connectivity index (χ0) is 19.0. The van der Waals surface area contributed by atoms with Crippen LogP contribution in [0.25, 0.3) is 6.08 Å². The second-order valence-electron chi connectivity index (χ2n) is 5.91. The normalized spacial score (nSPS) is 16.2. The van der Waals surface area contributed by atoms with Gasteiger partial charge in [-0.3, -0.25) is 14.9 Å². The Hall–Kier alpha value is -3.48. The Balaban J connectivity index is 2.07. The van der Waals surface area contributed by atoms with Crippen LogP contribution < -0.4 is 10.2 Å². The molecule has 1 fully saturated rings. The fraction of sp³-hybridized carbons (Fsp3) is 0.105. The summed E-state index contributed by atoms with van der Waals surface area (Å²) in [7, 11) is 0. The average Bonchev–Trinajstić information content (AvgIpc) is 2.58. The second-order valence-corrected chi connectivity index (χ2v) is 5.91. The van der Waals surface area contributed by atoms with E-state index >= 15 is 0 Å². The van der Waals surface area contributed by atoms with E-state index in [1.165, 1.54) is 24.3 Å². The summed E-state index contributed by atoms with van der Waals surface area (Å²) in [6.07, 6.45) is 1.30. The molecule has 1 aliphatic rings. The third-order valence-corrected chi connectivity index (χ3v) is 4.02. The molecule has 0 aromatic heterocycles. The maximum Gasteiger partial charge on any atom is 0.336 e. The number of carbonyl (C=O) groups excluding carboxylic acids is 3. The number of nitrogens with zero attached hydrogens (tertiary/aromatic N) is 1. The number of anilines is 1. The van der Waals surface area contributed by atoms with Crippen molar-refractivity contribution in [3.63, 3.8) is 0 Å². The van der Waals surface area contributed by atoms with Gasteiger partial charge in [-0.15, -0.1) is 0 Å². The number of phenolic OH excluding ortho intramolecular Hbond substituents is 1. The molecule has 0 aliphatic carbocycles. The summed E-state index contributed by atoms with van der Waals surface area (Å²) in [5.74, 6) is -2.43. The molecule has 132 valence electrons. The van der Waals surface area contributed by atoms with Crippen LogP contribution in [0.15, 0.2) is 42.0 Å². The van der Waals surface area contributed by atoms with Gasteiger partial charge in [0, 0.05) is 0 Å². The zero-order valence-electron chi connectivity index (χ0n) is 14.0. The van der Waals surface area contributed by atoms with Gasteiger partial charge in [-0.05, 0) is 60.9 Å². The lowest BCUT2D eigenvalue weighted by Gasteiger charge is -2.26. The minimum atomic E-state index is -1.01. The summed E-state index contributed by atoms with van der Waals surface area (Å²) in [6, 6.07) is 7.47. The number of para-hydroxylation sites is 1. The highest BCUT2D eigenvalue weighted by Gasteiger charge is 2.37. The first-order chi connectivity index (χ1) is 12.3. The number of hydrogen-bond donors (Lipinski definition) is 2. The van der Waals surface area contributed by atoms with E-state index in [2.05, 4.69) is 0 Å². The van der Waals surface area contributed by atoms with Crippen molar-refractivity contribution in [2.45, 2.75) is 13.8 Å². The molecule has 0 spiro atoms. The van der Waals surface area contributed by atoms with Crippen molar-refractivity contribution >= 4 is 29.6 Å². The van der Waals surface area contributed by atoms with Gasteiger partial charge in [0.2, 0.25) is 0 Å². The Kier molecular flexibility index (Phi) is 4.29. The van der Waals surface area contributed by atoms with Gasteiger partial charge < -0.3 is 5.11 Å². The molecule has 2 aromatic rings. The first kappa shape index (κ1) is 17.3. The molecule has 0 atom stereocenters. The molecule has 6 nitrogen and oxygen atoms in total. The van der Waals surface area contributed by atoms with Gasteiger partial charge in [0.1, 0.15) is 17.1 Å². The van der Waals surface area contributed by atoms with Crippen molar-refractivity contribution in [1.82, 2.24) is 5.32 Å². The highest BCUT2D eigenvalue weighted by Crippen LogP contribution is 2.27. The minimum Gasteiger partial charge on any atom is -0.507 e. The average molecular weight is 354 g/mol. The fourth-order valence-corrected chi connectivity index (χ4v) is 2.75. The Labute approximate surface area is 148 Å². The van der Waals surface area contributed by atoms with Crippen molar-refractivity contribution < 1.29 is 23.9 Å². The van der Waals surface area contributed by atoms with Crippen molar-refractivity contribution in [2.24, 2.45) is 0 Å². The molecule has 1 saturated heterocycles. The number of urea groups is 1. The summed E-state index contributed by atoms with van der Waals surface area (Å²) in [6.45, 7) is 3.37. The van der Waals surface area contributed by atoms with Gasteiger partial charge in [0.25, 0.3) is 11.8 Å². The summed E-state index contributed by atoms with van der Waals surface area (Å²) in [5.41, 5.74) is 1.09. The van der Waals surface area contributed by atoms with E-state index in [4.69, 9.17) is 0 Å². The van der Waals surface area contributed by atoms with Gasteiger partial charge in [-0.2, -0.15) is 0 Å². The number of imide groups is 2.